The summed E-state index contributed by atoms with van der Waals surface area (Å²) >= 11 is 0. The summed E-state index contributed by atoms with van der Waals surface area (Å²) in [6, 6.07) is 9.48. The molecule has 0 radical (unpaired) electrons. The molecular formula is C19H16FN5O5. The van der Waals surface area contributed by atoms with Crippen molar-refractivity contribution in [3.63, 3.8) is 0 Å². The highest BCUT2D eigenvalue weighted by atomic mass is 19.1. The molecular weight excluding hydrogens is 397 g/mol. The molecule has 3 aromatic rings. The van der Waals surface area contributed by atoms with Gasteiger partial charge in [-0.15, -0.1) is 0 Å². The lowest BCUT2D eigenvalue weighted by Crippen LogP contribution is -2.30. The van der Waals surface area contributed by atoms with Crippen molar-refractivity contribution in [2.45, 2.75) is 19.6 Å². The number of carbonyl (C=O) groups excluding carboxylic acids is 2. The van der Waals surface area contributed by atoms with Crippen LogP contribution in [0.25, 0.3) is 0 Å². The molecule has 11 heteroatoms. The Labute approximate surface area is 169 Å². The molecule has 0 bridgehead atoms. The van der Waals surface area contributed by atoms with E-state index < -0.39 is 34.4 Å². The minimum absolute atomic E-state index is 0.00784. The van der Waals surface area contributed by atoms with Gasteiger partial charge in [0.25, 0.3) is 5.91 Å². The Balaban J connectivity index is 1.59. The molecule has 1 heterocycles. The molecule has 10 nitrogen and oxygen atoms in total. The van der Waals surface area contributed by atoms with Gasteiger partial charge in [-0.2, -0.15) is 9.49 Å². The van der Waals surface area contributed by atoms with E-state index in [0.29, 0.717) is 6.54 Å². The van der Waals surface area contributed by atoms with Crippen molar-refractivity contribution in [3.8, 4) is 0 Å². The first-order valence-corrected chi connectivity index (χ1v) is 8.70. The van der Waals surface area contributed by atoms with Gasteiger partial charge in [-0.25, -0.2) is 14.5 Å². The number of nitrogens with one attached hydrogen (secondary N) is 1. The number of hydrogen-bond acceptors (Lipinski definition) is 7. The molecule has 1 N–H and O–H groups in total. The van der Waals surface area contributed by atoms with Crippen LogP contribution in [0.4, 0.5) is 15.8 Å². The van der Waals surface area contributed by atoms with Gasteiger partial charge < -0.3 is 10.1 Å². The molecule has 0 fully saturated rings. The largest absolute Gasteiger partial charge is 0.449 e. The number of anilines is 1. The van der Waals surface area contributed by atoms with Crippen LogP contribution in [-0.2, 0) is 16.1 Å². The van der Waals surface area contributed by atoms with Crippen LogP contribution in [0.15, 0.2) is 55.1 Å². The van der Waals surface area contributed by atoms with E-state index in [1.807, 2.05) is 0 Å². The number of rotatable bonds is 7. The van der Waals surface area contributed by atoms with Crippen LogP contribution < -0.4 is 5.32 Å². The van der Waals surface area contributed by atoms with Gasteiger partial charge in [-0.1, -0.05) is 12.1 Å². The van der Waals surface area contributed by atoms with Gasteiger partial charge in [0, 0.05) is 11.8 Å². The molecule has 0 spiro atoms. The smallest absolute Gasteiger partial charge is 0.338 e. The molecule has 1 atom stereocenters. The zero-order valence-electron chi connectivity index (χ0n) is 15.7. The molecule has 1 unspecified atom stereocenters. The maximum atomic E-state index is 13.4. The average molecular weight is 413 g/mol. The third kappa shape index (κ3) is 5.01. The summed E-state index contributed by atoms with van der Waals surface area (Å²) in [6.07, 6.45) is 1.80. The number of nitro benzene ring substituents is 1. The Morgan fingerprint density at radius 2 is 2.00 bits per heavy atom. The van der Waals surface area contributed by atoms with E-state index in [4.69, 9.17) is 4.74 Å². The fourth-order valence-electron chi connectivity index (χ4n) is 2.50. The first kappa shape index (κ1) is 20.6. The molecule has 0 aliphatic carbocycles. The Bertz CT molecular complexity index is 1070. The number of benzene rings is 2. The van der Waals surface area contributed by atoms with Gasteiger partial charge >= 0.3 is 11.7 Å². The highest BCUT2D eigenvalue weighted by molar-refractivity contribution is 5.97. The minimum atomic E-state index is -1.18. The second-order valence-corrected chi connectivity index (χ2v) is 6.25. The summed E-state index contributed by atoms with van der Waals surface area (Å²) in [4.78, 5) is 38.2. The normalized spacial score (nSPS) is 11.5. The van der Waals surface area contributed by atoms with Crippen LogP contribution in [0, 0.1) is 15.9 Å². The average Bonchev–Trinajstić information content (AvgIpc) is 3.22. The predicted molar refractivity (Wildman–Crippen MR) is 102 cm³/mol. The van der Waals surface area contributed by atoms with Crippen molar-refractivity contribution < 1.29 is 23.6 Å². The van der Waals surface area contributed by atoms with E-state index in [2.05, 4.69) is 15.4 Å². The lowest BCUT2D eigenvalue weighted by molar-refractivity contribution is -0.387. The minimum Gasteiger partial charge on any atom is -0.449 e. The lowest BCUT2D eigenvalue weighted by atomic mass is 10.1. The molecule has 0 aliphatic heterocycles. The quantitative estimate of drug-likeness (QED) is 0.358. The third-order valence-electron chi connectivity index (χ3n) is 4.06. The summed E-state index contributed by atoms with van der Waals surface area (Å²) in [7, 11) is 0. The topological polar surface area (TPSA) is 129 Å². The zero-order chi connectivity index (χ0) is 21.7. The predicted octanol–water partition coefficient (Wildman–Crippen LogP) is 2.56. The SMILES string of the molecule is CC(OC(=O)c1ccc(Cn2cncn2)cc1)C(=O)Nc1ccc(F)c([N+](=O)[O-])c1. The van der Waals surface area contributed by atoms with Crippen LogP contribution in [0.5, 0.6) is 0 Å². The third-order valence-corrected chi connectivity index (χ3v) is 4.06. The number of halogens is 1. The van der Waals surface area contributed by atoms with E-state index in [9.17, 15) is 24.1 Å². The monoisotopic (exact) mass is 413 g/mol. The first-order chi connectivity index (χ1) is 14.3. The molecule has 154 valence electrons. The van der Waals surface area contributed by atoms with Gasteiger partial charge in [0.05, 0.1) is 17.0 Å². The van der Waals surface area contributed by atoms with E-state index >= 15 is 0 Å². The van der Waals surface area contributed by atoms with Crippen molar-refractivity contribution >= 4 is 23.3 Å². The highest BCUT2D eigenvalue weighted by Gasteiger charge is 2.21. The van der Waals surface area contributed by atoms with Crippen molar-refractivity contribution in [1.82, 2.24) is 14.8 Å². The first-order valence-electron chi connectivity index (χ1n) is 8.70. The second kappa shape index (κ2) is 8.90. The number of hydrogen-bond donors (Lipinski definition) is 1. The van der Waals surface area contributed by atoms with Gasteiger partial charge in [0.15, 0.2) is 6.10 Å². The van der Waals surface area contributed by atoms with Crippen molar-refractivity contribution in [1.29, 1.82) is 0 Å². The second-order valence-electron chi connectivity index (χ2n) is 6.25. The summed E-state index contributed by atoms with van der Waals surface area (Å²) in [6.45, 7) is 1.84. The van der Waals surface area contributed by atoms with Crippen LogP contribution in [0.1, 0.15) is 22.8 Å². The molecule has 3 rings (SSSR count). The molecule has 0 aliphatic rings. The zero-order valence-corrected chi connectivity index (χ0v) is 15.7. The maximum absolute atomic E-state index is 13.4. The van der Waals surface area contributed by atoms with Gasteiger partial charge in [0.1, 0.15) is 12.7 Å². The van der Waals surface area contributed by atoms with E-state index in [-0.39, 0.29) is 11.3 Å². The number of esters is 1. The van der Waals surface area contributed by atoms with E-state index in [0.717, 1.165) is 17.7 Å². The van der Waals surface area contributed by atoms with Gasteiger partial charge in [0.2, 0.25) is 5.82 Å². The lowest BCUT2D eigenvalue weighted by Gasteiger charge is -2.14. The standard InChI is InChI=1S/C19H16FN5O5/c1-12(18(26)23-15-6-7-16(20)17(8-15)25(28)29)30-19(27)14-4-2-13(3-5-14)9-24-11-21-10-22-24/h2-8,10-12H,9H2,1H3,(H,23,26). The number of aromatic nitrogens is 3. The number of amides is 1. The van der Waals surface area contributed by atoms with Crippen LogP contribution >= 0.6 is 0 Å². The summed E-state index contributed by atoms with van der Waals surface area (Å²) in [5.41, 5.74) is 0.368. The summed E-state index contributed by atoms with van der Waals surface area (Å²) < 4.78 is 20.1. The molecule has 0 saturated carbocycles. The Morgan fingerprint density at radius 1 is 1.27 bits per heavy atom. The van der Waals surface area contributed by atoms with Gasteiger partial charge in [-0.3, -0.25) is 14.9 Å². The van der Waals surface area contributed by atoms with Gasteiger partial charge in [-0.05, 0) is 36.8 Å². The van der Waals surface area contributed by atoms with Crippen molar-refractivity contribution in [2.24, 2.45) is 0 Å². The number of nitrogens with zero attached hydrogens (tertiary/aromatic N) is 4. The number of nitro groups is 1. The summed E-state index contributed by atoms with van der Waals surface area (Å²) in [5, 5.41) is 17.1. The molecule has 1 aromatic heterocycles. The Morgan fingerprint density at radius 3 is 2.63 bits per heavy atom. The van der Waals surface area contributed by atoms with Crippen molar-refractivity contribution in [2.75, 3.05) is 5.32 Å². The Kier molecular flexibility index (Phi) is 6.11. The molecule has 1 amide bonds. The van der Waals surface area contributed by atoms with E-state index in [1.54, 1.807) is 35.3 Å². The fraction of sp³-hybridized carbons (Fsp3) is 0.158. The fourth-order valence-corrected chi connectivity index (χ4v) is 2.50. The summed E-state index contributed by atoms with van der Waals surface area (Å²) in [5.74, 6) is -2.45. The molecule has 2 aromatic carbocycles. The van der Waals surface area contributed by atoms with Crippen LogP contribution in [-0.4, -0.2) is 37.7 Å². The Hall–Kier alpha value is -4.15. The highest BCUT2D eigenvalue weighted by Crippen LogP contribution is 2.22. The van der Waals surface area contributed by atoms with Crippen LogP contribution in [0.2, 0.25) is 0 Å². The number of ether oxygens (including phenoxy) is 1. The van der Waals surface area contributed by atoms with Crippen molar-refractivity contribution in [3.05, 3.63) is 82.2 Å². The molecule has 0 saturated heterocycles. The van der Waals surface area contributed by atoms with Crippen LogP contribution in [0.3, 0.4) is 0 Å². The molecule has 30 heavy (non-hydrogen) atoms. The number of carbonyl (C=O) groups is 2. The van der Waals surface area contributed by atoms with E-state index in [1.165, 1.54) is 19.3 Å². The maximum Gasteiger partial charge on any atom is 0.338 e.